The summed E-state index contributed by atoms with van der Waals surface area (Å²) in [5, 5.41) is 2.05. The van der Waals surface area contributed by atoms with Gasteiger partial charge in [0.25, 0.3) is 0 Å². The Hall–Kier alpha value is -1.97. The van der Waals surface area contributed by atoms with Gasteiger partial charge in [-0.05, 0) is 18.2 Å². The molecule has 0 spiro atoms. The number of aromatic nitrogens is 2. The summed E-state index contributed by atoms with van der Waals surface area (Å²) in [6.07, 6.45) is 5.54. The van der Waals surface area contributed by atoms with Crippen LogP contribution in [0, 0.1) is 0 Å². The van der Waals surface area contributed by atoms with E-state index in [4.69, 9.17) is 4.74 Å². The van der Waals surface area contributed by atoms with Crippen LogP contribution in [0.15, 0.2) is 36.8 Å². The van der Waals surface area contributed by atoms with Crippen molar-refractivity contribution in [1.82, 2.24) is 9.66 Å². The minimum absolute atomic E-state index is 0.579. The molecule has 2 aromatic rings. The van der Waals surface area contributed by atoms with Crippen molar-refractivity contribution in [2.75, 3.05) is 12.1 Å². The van der Waals surface area contributed by atoms with Crippen LogP contribution in [0.2, 0.25) is 0 Å². The van der Waals surface area contributed by atoms with Crippen LogP contribution in [0.25, 0.3) is 0 Å². The van der Waals surface area contributed by atoms with Crippen molar-refractivity contribution in [1.29, 1.82) is 0 Å². The number of pyridine rings is 1. The molecule has 0 radical (unpaired) electrons. The van der Waals surface area contributed by atoms with E-state index in [1.807, 2.05) is 25.4 Å². The van der Waals surface area contributed by atoms with E-state index < -0.39 is 0 Å². The van der Waals surface area contributed by atoms with Crippen molar-refractivity contribution in [3.63, 3.8) is 0 Å². The van der Waals surface area contributed by atoms with Gasteiger partial charge in [-0.2, -0.15) is 0 Å². The van der Waals surface area contributed by atoms with E-state index in [-0.39, 0.29) is 0 Å². The Balaban J connectivity index is 2.18. The zero-order chi connectivity index (χ0) is 10.3. The molecule has 1 aliphatic rings. The first-order chi connectivity index (χ1) is 7.36. The van der Waals surface area contributed by atoms with Crippen molar-refractivity contribution in [3.8, 4) is 5.75 Å². The van der Waals surface area contributed by atoms with E-state index in [1.165, 1.54) is 0 Å². The molecule has 1 aliphatic heterocycles. The predicted molar refractivity (Wildman–Crippen MR) is 56.8 cm³/mol. The largest absolute Gasteiger partial charge is 0.483 e. The van der Waals surface area contributed by atoms with Crippen molar-refractivity contribution < 1.29 is 4.74 Å². The third-order valence-electron chi connectivity index (χ3n) is 2.62. The second-order valence-electron chi connectivity index (χ2n) is 3.50. The van der Waals surface area contributed by atoms with Gasteiger partial charge in [-0.15, -0.1) is 0 Å². The smallest absolute Gasteiger partial charge is 0.163 e. The molecule has 0 N–H and O–H groups in total. The van der Waals surface area contributed by atoms with Gasteiger partial charge in [-0.25, -0.2) is 0 Å². The van der Waals surface area contributed by atoms with E-state index in [0.29, 0.717) is 6.61 Å². The SMILES string of the molecule is CN1c2ccncc2OCc2cccn21. The summed E-state index contributed by atoms with van der Waals surface area (Å²) in [6, 6.07) is 6.02. The Labute approximate surface area is 87.7 Å². The van der Waals surface area contributed by atoms with E-state index in [2.05, 4.69) is 20.7 Å². The molecule has 4 nitrogen and oxygen atoms in total. The molecule has 4 heteroatoms. The van der Waals surface area contributed by atoms with Crippen LogP contribution >= 0.6 is 0 Å². The molecule has 3 rings (SSSR count). The molecule has 0 atom stereocenters. The first-order valence-corrected chi connectivity index (χ1v) is 4.83. The van der Waals surface area contributed by atoms with Gasteiger partial charge in [0.2, 0.25) is 0 Å². The Bertz CT molecular complexity index is 492. The van der Waals surface area contributed by atoms with E-state index in [9.17, 15) is 0 Å². The lowest BCUT2D eigenvalue weighted by Gasteiger charge is -2.20. The first-order valence-electron chi connectivity index (χ1n) is 4.83. The van der Waals surface area contributed by atoms with Crippen LogP contribution < -0.4 is 9.75 Å². The minimum Gasteiger partial charge on any atom is -0.483 e. The Morgan fingerprint density at radius 3 is 3.27 bits per heavy atom. The third kappa shape index (κ3) is 1.18. The van der Waals surface area contributed by atoms with Crippen LogP contribution in [0.5, 0.6) is 5.75 Å². The van der Waals surface area contributed by atoms with Crippen molar-refractivity contribution in [3.05, 3.63) is 42.5 Å². The summed E-state index contributed by atoms with van der Waals surface area (Å²) in [7, 11) is 2.01. The van der Waals surface area contributed by atoms with E-state index >= 15 is 0 Å². The maximum Gasteiger partial charge on any atom is 0.163 e. The van der Waals surface area contributed by atoms with Gasteiger partial charge in [0.05, 0.1) is 11.9 Å². The quantitative estimate of drug-likeness (QED) is 0.649. The van der Waals surface area contributed by atoms with Gasteiger partial charge < -0.3 is 4.74 Å². The molecular weight excluding hydrogens is 190 g/mol. The Morgan fingerprint density at radius 2 is 2.33 bits per heavy atom. The maximum absolute atomic E-state index is 5.68. The summed E-state index contributed by atoms with van der Waals surface area (Å²) in [5.74, 6) is 0.823. The van der Waals surface area contributed by atoms with E-state index in [1.54, 1.807) is 12.4 Å². The standard InChI is InChI=1S/C11H11N3O/c1-13-10-4-5-12-7-11(10)15-8-9-3-2-6-14(9)13/h2-7H,8H2,1H3. The van der Waals surface area contributed by atoms with Gasteiger partial charge in [-0.1, -0.05) is 0 Å². The lowest BCUT2D eigenvalue weighted by molar-refractivity contribution is 0.304. The van der Waals surface area contributed by atoms with Gasteiger partial charge in [0.1, 0.15) is 12.3 Å². The van der Waals surface area contributed by atoms with Crippen LogP contribution in [0.3, 0.4) is 0 Å². The van der Waals surface area contributed by atoms with Gasteiger partial charge in [0.15, 0.2) is 5.75 Å². The highest BCUT2D eigenvalue weighted by atomic mass is 16.5. The molecule has 3 heterocycles. The summed E-state index contributed by atoms with van der Waals surface area (Å²) in [5.41, 5.74) is 2.16. The molecule has 76 valence electrons. The number of nitrogens with zero attached hydrogens (tertiary/aromatic N) is 3. The second kappa shape index (κ2) is 3.02. The Morgan fingerprint density at radius 1 is 1.40 bits per heavy atom. The average Bonchev–Trinajstić information content (AvgIpc) is 2.69. The molecule has 0 fully saturated rings. The topological polar surface area (TPSA) is 30.3 Å². The monoisotopic (exact) mass is 201 g/mol. The zero-order valence-corrected chi connectivity index (χ0v) is 8.42. The number of hydrogen-bond donors (Lipinski definition) is 0. The first kappa shape index (κ1) is 8.35. The summed E-state index contributed by atoms with van der Waals surface area (Å²) in [4.78, 5) is 4.06. The number of rotatable bonds is 0. The molecule has 0 saturated carbocycles. The average molecular weight is 201 g/mol. The van der Waals surface area contributed by atoms with Crippen LogP contribution in [0.4, 0.5) is 5.69 Å². The number of fused-ring (bicyclic) bond motifs is 2. The molecule has 0 saturated heterocycles. The van der Waals surface area contributed by atoms with Gasteiger partial charge in [-0.3, -0.25) is 14.7 Å². The fraction of sp³-hybridized carbons (Fsp3) is 0.182. The van der Waals surface area contributed by atoms with Gasteiger partial charge >= 0.3 is 0 Å². The zero-order valence-electron chi connectivity index (χ0n) is 8.42. The summed E-state index contributed by atoms with van der Waals surface area (Å²) >= 11 is 0. The fourth-order valence-corrected chi connectivity index (χ4v) is 1.83. The van der Waals surface area contributed by atoms with Crippen molar-refractivity contribution in [2.24, 2.45) is 0 Å². The van der Waals surface area contributed by atoms with Crippen molar-refractivity contribution >= 4 is 5.69 Å². The maximum atomic E-state index is 5.68. The predicted octanol–water partition coefficient (Wildman–Crippen LogP) is 1.67. The minimum atomic E-state index is 0.579. The molecule has 15 heavy (non-hydrogen) atoms. The highest BCUT2D eigenvalue weighted by molar-refractivity contribution is 5.57. The highest BCUT2D eigenvalue weighted by Crippen LogP contribution is 2.30. The third-order valence-corrected chi connectivity index (χ3v) is 2.62. The molecule has 0 aromatic carbocycles. The van der Waals surface area contributed by atoms with Crippen LogP contribution in [-0.4, -0.2) is 16.7 Å². The summed E-state index contributed by atoms with van der Waals surface area (Å²) < 4.78 is 7.75. The normalized spacial score (nSPS) is 13.8. The molecule has 2 aromatic heterocycles. The summed E-state index contributed by atoms with van der Waals surface area (Å²) in [6.45, 7) is 0.579. The van der Waals surface area contributed by atoms with E-state index in [0.717, 1.165) is 17.1 Å². The molecule has 0 unspecified atom stereocenters. The highest BCUT2D eigenvalue weighted by Gasteiger charge is 2.16. The number of anilines is 1. The fourth-order valence-electron chi connectivity index (χ4n) is 1.83. The molecular formula is C11H11N3O. The molecule has 0 bridgehead atoms. The van der Waals surface area contributed by atoms with Crippen molar-refractivity contribution in [2.45, 2.75) is 6.61 Å². The molecule has 0 amide bonds. The number of ether oxygens (including phenoxy) is 1. The lowest BCUT2D eigenvalue weighted by Crippen LogP contribution is -2.24. The second-order valence-corrected chi connectivity index (χ2v) is 3.50. The Kier molecular flexibility index (Phi) is 1.68. The van der Waals surface area contributed by atoms with Gasteiger partial charge in [0, 0.05) is 19.4 Å². The van der Waals surface area contributed by atoms with Crippen LogP contribution in [-0.2, 0) is 6.61 Å². The number of hydrogen-bond acceptors (Lipinski definition) is 3. The lowest BCUT2D eigenvalue weighted by atomic mass is 10.4. The van der Waals surface area contributed by atoms with Crippen LogP contribution in [0.1, 0.15) is 5.69 Å². The molecule has 0 aliphatic carbocycles.